The molecular weight excluding hydrogens is 338 g/mol. The number of aliphatic hydroxyl groups is 1. The third-order valence-electron chi connectivity index (χ3n) is 2.19. The monoisotopic (exact) mass is 351 g/mol. The van der Waals surface area contributed by atoms with Crippen LogP contribution in [0.25, 0.3) is 0 Å². The van der Waals surface area contributed by atoms with Crippen molar-refractivity contribution in [2.24, 2.45) is 0 Å². The van der Waals surface area contributed by atoms with Crippen molar-refractivity contribution in [1.29, 1.82) is 0 Å². The van der Waals surface area contributed by atoms with E-state index in [1.807, 2.05) is 19.1 Å². The van der Waals surface area contributed by atoms with Crippen molar-refractivity contribution in [3.8, 4) is 5.75 Å². The van der Waals surface area contributed by atoms with E-state index < -0.39 is 0 Å². The van der Waals surface area contributed by atoms with Crippen LogP contribution in [0.4, 0.5) is 0 Å². The number of aliphatic hydroxyl groups excluding tert-OH is 1. The van der Waals surface area contributed by atoms with E-state index in [1.165, 1.54) is 0 Å². The fraction of sp³-hybridized carbons (Fsp3) is 0.455. The van der Waals surface area contributed by atoms with Crippen molar-refractivity contribution in [3.63, 3.8) is 0 Å². The number of methoxy groups -OCH3 is 1. The highest BCUT2D eigenvalue weighted by Gasteiger charge is 2.08. The van der Waals surface area contributed by atoms with Crippen LogP contribution < -0.4 is 10.1 Å². The topological polar surface area (TPSA) is 41.5 Å². The molecule has 0 aliphatic heterocycles. The van der Waals surface area contributed by atoms with Gasteiger partial charge in [-0.05, 0) is 56.5 Å². The first-order valence-electron chi connectivity index (χ1n) is 4.94. The number of rotatable bonds is 5. The minimum atomic E-state index is 0.0969. The van der Waals surface area contributed by atoms with E-state index >= 15 is 0 Å². The van der Waals surface area contributed by atoms with Crippen LogP contribution >= 0.6 is 31.9 Å². The van der Waals surface area contributed by atoms with E-state index in [9.17, 15) is 0 Å². The van der Waals surface area contributed by atoms with Crippen LogP contribution in [0.15, 0.2) is 21.1 Å². The van der Waals surface area contributed by atoms with Crippen LogP contribution in [-0.4, -0.2) is 24.9 Å². The highest BCUT2D eigenvalue weighted by atomic mass is 79.9. The molecule has 16 heavy (non-hydrogen) atoms. The van der Waals surface area contributed by atoms with Crippen LogP contribution in [0.3, 0.4) is 0 Å². The highest BCUT2D eigenvalue weighted by Crippen LogP contribution is 2.34. The Morgan fingerprint density at radius 2 is 1.94 bits per heavy atom. The SMILES string of the molecule is COc1c(Br)cc(CN[C@H](C)CO)cc1Br. The molecule has 0 fully saturated rings. The average molecular weight is 353 g/mol. The highest BCUT2D eigenvalue weighted by molar-refractivity contribution is 9.11. The molecule has 90 valence electrons. The fourth-order valence-electron chi connectivity index (χ4n) is 1.27. The zero-order chi connectivity index (χ0) is 12.1. The van der Waals surface area contributed by atoms with Gasteiger partial charge < -0.3 is 15.2 Å². The van der Waals surface area contributed by atoms with Gasteiger partial charge in [0.1, 0.15) is 5.75 Å². The summed E-state index contributed by atoms with van der Waals surface area (Å²) in [5.41, 5.74) is 1.12. The molecule has 1 atom stereocenters. The quantitative estimate of drug-likeness (QED) is 0.856. The zero-order valence-corrected chi connectivity index (χ0v) is 12.4. The molecule has 1 aromatic carbocycles. The molecule has 2 N–H and O–H groups in total. The average Bonchev–Trinajstić information content (AvgIpc) is 2.25. The van der Waals surface area contributed by atoms with Crippen LogP contribution in [0, 0.1) is 0 Å². The first-order valence-corrected chi connectivity index (χ1v) is 6.53. The van der Waals surface area contributed by atoms with Crippen LogP contribution in [-0.2, 0) is 6.54 Å². The molecule has 1 rings (SSSR count). The Morgan fingerprint density at radius 3 is 2.38 bits per heavy atom. The van der Waals surface area contributed by atoms with Gasteiger partial charge >= 0.3 is 0 Å². The van der Waals surface area contributed by atoms with Gasteiger partial charge in [-0.3, -0.25) is 0 Å². The first-order chi connectivity index (χ1) is 7.58. The van der Waals surface area contributed by atoms with Crippen molar-refractivity contribution < 1.29 is 9.84 Å². The second-order valence-electron chi connectivity index (χ2n) is 3.56. The molecule has 0 aromatic heterocycles. The Balaban J connectivity index is 2.76. The first kappa shape index (κ1) is 14.0. The van der Waals surface area contributed by atoms with Crippen molar-refractivity contribution in [2.75, 3.05) is 13.7 Å². The van der Waals surface area contributed by atoms with Crippen molar-refractivity contribution in [3.05, 3.63) is 26.6 Å². The van der Waals surface area contributed by atoms with Gasteiger partial charge in [-0.1, -0.05) is 0 Å². The minimum absolute atomic E-state index is 0.0969. The third kappa shape index (κ3) is 3.73. The smallest absolute Gasteiger partial charge is 0.147 e. The molecule has 0 heterocycles. The largest absolute Gasteiger partial charge is 0.494 e. The molecule has 0 spiro atoms. The summed E-state index contributed by atoms with van der Waals surface area (Å²) in [5, 5.41) is 12.1. The number of nitrogens with one attached hydrogen (secondary N) is 1. The summed E-state index contributed by atoms with van der Waals surface area (Å²) in [6.45, 7) is 2.79. The lowest BCUT2D eigenvalue weighted by Crippen LogP contribution is -2.28. The fourth-order valence-corrected chi connectivity index (χ4v) is 2.87. The van der Waals surface area contributed by atoms with E-state index in [0.29, 0.717) is 6.54 Å². The predicted octanol–water partition coefficient (Wildman–Crippen LogP) is 2.69. The number of hydrogen-bond acceptors (Lipinski definition) is 3. The molecule has 5 heteroatoms. The van der Waals surface area contributed by atoms with Gasteiger partial charge in [-0.25, -0.2) is 0 Å². The van der Waals surface area contributed by atoms with Crippen LogP contribution in [0.5, 0.6) is 5.75 Å². The van der Waals surface area contributed by atoms with E-state index in [1.54, 1.807) is 7.11 Å². The third-order valence-corrected chi connectivity index (χ3v) is 3.37. The summed E-state index contributed by atoms with van der Waals surface area (Å²) < 4.78 is 7.05. The van der Waals surface area contributed by atoms with Crippen molar-refractivity contribution >= 4 is 31.9 Å². The number of benzene rings is 1. The molecule has 0 saturated heterocycles. The Labute approximate surface area is 112 Å². The molecular formula is C11H15Br2NO2. The summed E-state index contributed by atoms with van der Waals surface area (Å²) in [4.78, 5) is 0. The minimum Gasteiger partial charge on any atom is -0.494 e. The molecule has 0 aliphatic carbocycles. The number of hydrogen-bond donors (Lipinski definition) is 2. The molecule has 0 amide bonds. The molecule has 0 aliphatic rings. The maximum atomic E-state index is 8.90. The Kier molecular flexibility index (Phi) is 5.75. The van der Waals surface area contributed by atoms with Gasteiger partial charge in [0.25, 0.3) is 0 Å². The molecule has 0 unspecified atom stereocenters. The normalized spacial score (nSPS) is 12.6. The maximum Gasteiger partial charge on any atom is 0.147 e. The number of ether oxygens (including phenoxy) is 1. The predicted molar refractivity (Wildman–Crippen MR) is 71.8 cm³/mol. The van der Waals surface area contributed by atoms with Crippen LogP contribution in [0.1, 0.15) is 12.5 Å². The molecule has 3 nitrogen and oxygen atoms in total. The van der Waals surface area contributed by atoms with E-state index in [-0.39, 0.29) is 12.6 Å². The lowest BCUT2D eigenvalue weighted by Gasteiger charge is -2.13. The van der Waals surface area contributed by atoms with Gasteiger partial charge in [0.05, 0.1) is 22.7 Å². The Morgan fingerprint density at radius 1 is 1.38 bits per heavy atom. The van der Waals surface area contributed by atoms with Gasteiger partial charge in [0.15, 0.2) is 0 Å². The summed E-state index contributed by atoms with van der Waals surface area (Å²) >= 11 is 6.90. The second kappa shape index (κ2) is 6.59. The summed E-state index contributed by atoms with van der Waals surface area (Å²) in [6, 6.07) is 4.10. The van der Waals surface area contributed by atoms with Gasteiger partial charge in [-0.15, -0.1) is 0 Å². The van der Waals surface area contributed by atoms with E-state index in [0.717, 1.165) is 20.3 Å². The van der Waals surface area contributed by atoms with Gasteiger partial charge in [0, 0.05) is 12.6 Å². The summed E-state index contributed by atoms with van der Waals surface area (Å²) in [5.74, 6) is 0.791. The lowest BCUT2D eigenvalue weighted by atomic mass is 10.2. The van der Waals surface area contributed by atoms with Gasteiger partial charge in [-0.2, -0.15) is 0 Å². The zero-order valence-electron chi connectivity index (χ0n) is 9.26. The summed E-state index contributed by atoms with van der Waals surface area (Å²) in [7, 11) is 1.64. The lowest BCUT2D eigenvalue weighted by molar-refractivity contribution is 0.251. The van der Waals surface area contributed by atoms with Gasteiger partial charge in [0.2, 0.25) is 0 Å². The van der Waals surface area contributed by atoms with Crippen LogP contribution in [0.2, 0.25) is 0 Å². The number of halogens is 2. The second-order valence-corrected chi connectivity index (χ2v) is 5.27. The summed E-state index contributed by atoms with van der Waals surface area (Å²) in [6.07, 6.45) is 0. The Hall–Kier alpha value is -0.100. The van der Waals surface area contributed by atoms with Crippen molar-refractivity contribution in [1.82, 2.24) is 5.32 Å². The molecule has 1 aromatic rings. The van der Waals surface area contributed by atoms with Crippen molar-refractivity contribution in [2.45, 2.75) is 19.5 Å². The molecule has 0 saturated carbocycles. The standard InChI is InChI=1S/C11H15Br2NO2/c1-7(6-15)14-5-8-3-9(12)11(16-2)10(13)4-8/h3-4,7,14-15H,5-6H2,1-2H3/t7-/m1/s1. The molecule has 0 bridgehead atoms. The van der Waals surface area contributed by atoms with E-state index in [4.69, 9.17) is 9.84 Å². The molecule has 0 radical (unpaired) electrons. The van der Waals surface area contributed by atoms with E-state index in [2.05, 4.69) is 37.2 Å². The Bertz CT molecular complexity index is 335. The maximum absolute atomic E-state index is 8.90.